The average Bonchev–Trinajstić information content (AvgIpc) is 3.70. The third-order valence-electron chi connectivity index (χ3n) is 9.74. The van der Waals surface area contributed by atoms with Crippen molar-refractivity contribution < 1.29 is 0 Å². The first-order valence-electron chi connectivity index (χ1n) is 16.7. The van der Waals surface area contributed by atoms with Crippen molar-refractivity contribution in [1.29, 1.82) is 0 Å². The zero-order chi connectivity index (χ0) is 32.3. The third-order valence-corrected chi connectivity index (χ3v) is 10.9. The molecule has 0 spiro atoms. The Morgan fingerprint density at radius 1 is 0.408 bits per heavy atom. The molecule has 0 bridgehead atoms. The van der Waals surface area contributed by atoms with Crippen LogP contribution in [0.5, 0.6) is 0 Å². The quantitative estimate of drug-likeness (QED) is 0.181. The van der Waals surface area contributed by atoms with Crippen molar-refractivity contribution in [2.75, 3.05) is 4.90 Å². The number of fused-ring (bicyclic) bond motifs is 7. The molecule has 0 fully saturated rings. The number of benzene rings is 8. The standard InChI is InChI=1S/C46H30N2S/c1-3-14-35(15-4-1)47(43-21-11-19-40-38-18-9-10-20-42(38)48(46(40)43)36-16-5-2-6-17-36)37-25-22-31(23-26-37)34-24-27-39-41-28-32-12-7-8-13-33(32)29-45(41)49-44(39)30-34/h1-30H. The van der Waals surface area contributed by atoms with E-state index in [9.17, 15) is 0 Å². The van der Waals surface area contributed by atoms with Crippen LogP contribution in [-0.4, -0.2) is 4.57 Å². The number of rotatable bonds is 5. The van der Waals surface area contributed by atoms with E-state index in [2.05, 4.69) is 191 Å². The Bertz CT molecular complexity index is 2810. The molecule has 0 unspecified atom stereocenters. The summed E-state index contributed by atoms with van der Waals surface area (Å²) in [6, 6.07) is 66.1. The first-order chi connectivity index (χ1) is 24.3. The highest BCUT2D eigenvalue weighted by Crippen LogP contribution is 2.44. The zero-order valence-electron chi connectivity index (χ0n) is 26.6. The lowest BCUT2D eigenvalue weighted by molar-refractivity contribution is 1.17. The zero-order valence-corrected chi connectivity index (χ0v) is 27.4. The van der Waals surface area contributed by atoms with Gasteiger partial charge in [-0.2, -0.15) is 0 Å². The van der Waals surface area contributed by atoms with E-state index in [0.29, 0.717) is 0 Å². The van der Waals surface area contributed by atoms with Crippen LogP contribution in [0.25, 0.3) is 69.6 Å². The lowest BCUT2D eigenvalue weighted by atomic mass is 10.0. The van der Waals surface area contributed by atoms with Crippen LogP contribution >= 0.6 is 11.3 Å². The first kappa shape index (κ1) is 27.9. The smallest absolute Gasteiger partial charge is 0.0782 e. The van der Waals surface area contributed by atoms with Gasteiger partial charge in [-0.15, -0.1) is 11.3 Å². The molecule has 49 heavy (non-hydrogen) atoms. The van der Waals surface area contributed by atoms with Gasteiger partial charge in [-0.25, -0.2) is 0 Å². The maximum atomic E-state index is 2.41. The van der Waals surface area contributed by atoms with Crippen LogP contribution in [0.1, 0.15) is 0 Å². The molecular weight excluding hydrogens is 613 g/mol. The summed E-state index contributed by atoms with van der Waals surface area (Å²) in [4.78, 5) is 2.39. The lowest BCUT2D eigenvalue weighted by Gasteiger charge is -2.27. The van der Waals surface area contributed by atoms with Gasteiger partial charge < -0.3 is 9.47 Å². The molecule has 0 atom stereocenters. The Kier molecular flexibility index (Phi) is 6.39. The van der Waals surface area contributed by atoms with E-state index in [0.717, 1.165) is 22.7 Å². The van der Waals surface area contributed by atoms with E-state index in [1.54, 1.807) is 0 Å². The summed E-state index contributed by atoms with van der Waals surface area (Å²) in [6.07, 6.45) is 0. The first-order valence-corrected chi connectivity index (χ1v) is 17.5. The Morgan fingerprint density at radius 2 is 1.04 bits per heavy atom. The summed E-state index contributed by atoms with van der Waals surface area (Å²) in [5, 5.41) is 7.72. The molecule has 0 saturated carbocycles. The van der Waals surface area contributed by atoms with E-state index in [-0.39, 0.29) is 0 Å². The molecule has 8 aromatic carbocycles. The van der Waals surface area contributed by atoms with Crippen LogP contribution in [0.3, 0.4) is 0 Å². The van der Waals surface area contributed by atoms with Crippen molar-refractivity contribution in [3.05, 3.63) is 182 Å². The van der Waals surface area contributed by atoms with Gasteiger partial charge in [0.25, 0.3) is 0 Å². The number of para-hydroxylation sites is 4. The molecule has 2 nitrogen and oxygen atoms in total. The van der Waals surface area contributed by atoms with Gasteiger partial charge in [0.15, 0.2) is 0 Å². The highest BCUT2D eigenvalue weighted by atomic mass is 32.1. The Hall–Kier alpha value is -6.16. The minimum atomic E-state index is 1.11. The second-order valence-electron chi connectivity index (χ2n) is 12.6. The predicted molar refractivity (Wildman–Crippen MR) is 211 cm³/mol. The highest BCUT2D eigenvalue weighted by molar-refractivity contribution is 7.25. The summed E-state index contributed by atoms with van der Waals surface area (Å²) in [7, 11) is 0. The molecule has 0 amide bonds. The maximum Gasteiger partial charge on any atom is 0.0782 e. The van der Waals surface area contributed by atoms with Gasteiger partial charge in [0.05, 0.1) is 16.7 Å². The fourth-order valence-electron chi connectivity index (χ4n) is 7.48. The van der Waals surface area contributed by atoms with Gasteiger partial charge >= 0.3 is 0 Å². The topological polar surface area (TPSA) is 8.17 Å². The van der Waals surface area contributed by atoms with Crippen molar-refractivity contribution >= 4 is 81.1 Å². The number of hydrogen-bond donors (Lipinski definition) is 0. The largest absolute Gasteiger partial charge is 0.308 e. The number of thiophene rings is 1. The highest BCUT2D eigenvalue weighted by Gasteiger charge is 2.21. The van der Waals surface area contributed by atoms with Crippen molar-refractivity contribution in [1.82, 2.24) is 4.57 Å². The summed E-state index contributed by atoms with van der Waals surface area (Å²) in [6.45, 7) is 0. The van der Waals surface area contributed by atoms with Crippen LogP contribution in [0, 0.1) is 0 Å². The van der Waals surface area contributed by atoms with Crippen LogP contribution in [0.15, 0.2) is 182 Å². The fourth-order valence-corrected chi connectivity index (χ4v) is 8.65. The van der Waals surface area contributed by atoms with Gasteiger partial charge in [-0.05, 0) is 88.6 Å². The van der Waals surface area contributed by atoms with Crippen molar-refractivity contribution in [2.45, 2.75) is 0 Å². The molecule has 3 heteroatoms. The average molecular weight is 643 g/mol. The minimum Gasteiger partial charge on any atom is -0.308 e. The second-order valence-corrected chi connectivity index (χ2v) is 13.7. The van der Waals surface area contributed by atoms with Crippen LogP contribution in [0.4, 0.5) is 17.1 Å². The fraction of sp³-hybridized carbons (Fsp3) is 0. The summed E-state index contributed by atoms with van der Waals surface area (Å²) in [5.74, 6) is 0. The van der Waals surface area contributed by atoms with Gasteiger partial charge in [-0.3, -0.25) is 0 Å². The molecule has 2 aromatic heterocycles. The van der Waals surface area contributed by atoms with Crippen molar-refractivity contribution in [3.63, 3.8) is 0 Å². The summed E-state index contributed by atoms with van der Waals surface area (Å²) < 4.78 is 5.06. The number of nitrogens with zero attached hydrogens (tertiary/aromatic N) is 2. The molecule has 0 radical (unpaired) electrons. The predicted octanol–water partition coefficient (Wildman–Crippen LogP) is 13.4. The van der Waals surface area contributed by atoms with E-state index in [1.807, 2.05) is 11.3 Å². The SMILES string of the molecule is c1ccc(N(c2ccc(-c3ccc4c(c3)sc3cc5ccccc5cc34)cc2)c2cccc3c4ccccc4n(-c4ccccc4)c23)cc1. The maximum absolute atomic E-state index is 2.41. The van der Waals surface area contributed by atoms with E-state index in [4.69, 9.17) is 0 Å². The number of hydrogen-bond acceptors (Lipinski definition) is 2. The Morgan fingerprint density at radius 3 is 1.86 bits per heavy atom. The summed E-state index contributed by atoms with van der Waals surface area (Å²) in [5.41, 5.74) is 9.33. The van der Waals surface area contributed by atoms with E-state index < -0.39 is 0 Å². The Balaban J connectivity index is 1.12. The van der Waals surface area contributed by atoms with Crippen LogP contribution < -0.4 is 4.90 Å². The van der Waals surface area contributed by atoms with E-state index >= 15 is 0 Å². The minimum absolute atomic E-state index is 1.11. The van der Waals surface area contributed by atoms with Crippen LogP contribution in [-0.2, 0) is 0 Å². The molecule has 0 aliphatic heterocycles. The molecular formula is C46H30N2S. The number of anilines is 3. The van der Waals surface area contributed by atoms with Crippen molar-refractivity contribution in [2.24, 2.45) is 0 Å². The number of aromatic nitrogens is 1. The third kappa shape index (κ3) is 4.55. The lowest BCUT2D eigenvalue weighted by Crippen LogP contribution is -2.11. The molecule has 230 valence electrons. The van der Waals surface area contributed by atoms with Gasteiger partial charge in [0, 0.05) is 48.0 Å². The molecule has 10 rings (SSSR count). The molecule has 10 aromatic rings. The van der Waals surface area contributed by atoms with Crippen LogP contribution in [0.2, 0.25) is 0 Å². The van der Waals surface area contributed by atoms with Crippen molar-refractivity contribution in [3.8, 4) is 16.8 Å². The van der Waals surface area contributed by atoms with Gasteiger partial charge in [0.2, 0.25) is 0 Å². The van der Waals surface area contributed by atoms with Gasteiger partial charge in [0.1, 0.15) is 0 Å². The monoisotopic (exact) mass is 642 g/mol. The normalized spacial score (nSPS) is 11.7. The molecule has 0 saturated heterocycles. The molecule has 0 N–H and O–H groups in total. The Labute approximate surface area is 288 Å². The molecule has 0 aliphatic rings. The molecule has 0 aliphatic carbocycles. The van der Waals surface area contributed by atoms with Gasteiger partial charge in [-0.1, -0.05) is 115 Å². The molecule has 2 heterocycles. The summed E-state index contributed by atoms with van der Waals surface area (Å²) >= 11 is 1.88. The van der Waals surface area contributed by atoms with E-state index in [1.165, 1.54) is 63.9 Å². The second kappa shape index (κ2) is 11.2.